The molecule has 1 unspecified atom stereocenters. The van der Waals surface area contributed by atoms with E-state index in [1.165, 1.54) is 12.0 Å². The highest BCUT2D eigenvalue weighted by atomic mass is 16.5. The highest BCUT2D eigenvalue weighted by Crippen LogP contribution is 1.98. The molecule has 94 valence electrons. The average Bonchev–Trinajstić information content (AvgIpc) is 2.21. The van der Waals surface area contributed by atoms with Crippen molar-refractivity contribution in [2.75, 3.05) is 40.8 Å². The van der Waals surface area contributed by atoms with Crippen LogP contribution in [0.4, 0.5) is 0 Å². The molecular weight excluding hydrogens is 212 g/mol. The van der Waals surface area contributed by atoms with Crippen LogP contribution in [0.25, 0.3) is 0 Å². The number of hydrogen-bond donors (Lipinski definition) is 1. The maximum Gasteiger partial charge on any atom is 0.323 e. The molecule has 0 aromatic carbocycles. The molecular formula is C10H20N2O4. The van der Waals surface area contributed by atoms with Gasteiger partial charge in [-0.25, -0.2) is 0 Å². The van der Waals surface area contributed by atoms with Gasteiger partial charge in [0.15, 0.2) is 0 Å². The third kappa shape index (κ3) is 5.67. The van der Waals surface area contributed by atoms with Crippen molar-refractivity contribution < 1.29 is 19.4 Å². The summed E-state index contributed by atoms with van der Waals surface area (Å²) in [5.41, 5.74) is 0. The molecule has 0 saturated heterocycles. The number of likely N-dealkylation sites (N-methyl/N-ethyl adjacent to an activating group) is 1. The van der Waals surface area contributed by atoms with E-state index in [1.807, 2.05) is 19.0 Å². The lowest BCUT2D eigenvalue weighted by Crippen LogP contribution is -2.44. The molecule has 0 saturated carbocycles. The van der Waals surface area contributed by atoms with Crippen molar-refractivity contribution in [2.24, 2.45) is 0 Å². The Morgan fingerprint density at radius 1 is 1.31 bits per heavy atom. The van der Waals surface area contributed by atoms with Gasteiger partial charge >= 0.3 is 5.97 Å². The monoisotopic (exact) mass is 232 g/mol. The summed E-state index contributed by atoms with van der Waals surface area (Å²) in [5.74, 6) is -1.32. The zero-order valence-corrected chi connectivity index (χ0v) is 10.3. The van der Waals surface area contributed by atoms with Gasteiger partial charge in [-0.2, -0.15) is 0 Å². The molecule has 0 aliphatic heterocycles. The van der Waals surface area contributed by atoms with E-state index in [9.17, 15) is 9.59 Å². The third-order valence-electron chi connectivity index (χ3n) is 2.16. The summed E-state index contributed by atoms with van der Waals surface area (Å²) in [7, 11) is 5.15. The predicted molar refractivity (Wildman–Crippen MR) is 59.2 cm³/mol. The van der Waals surface area contributed by atoms with Crippen LogP contribution in [0, 0.1) is 0 Å². The second-order valence-electron chi connectivity index (χ2n) is 3.83. The van der Waals surface area contributed by atoms with Gasteiger partial charge < -0.3 is 19.6 Å². The van der Waals surface area contributed by atoms with Crippen molar-refractivity contribution >= 4 is 11.9 Å². The molecule has 0 heterocycles. The van der Waals surface area contributed by atoms with Crippen LogP contribution < -0.4 is 0 Å². The minimum absolute atomic E-state index is 0.291. The van der Waals surface area contributed by atoms with E-state index in [4.69, 9.17) is 9.84 Å². The molecule has 1 N–H and O–H groups in total. The molecule has 0 bridgehead atoms. The lowest BCUT2D eigenvalue weighted by atomic mass is 10.3. The number of ether oxygens (including phenoxy) is 1. The molecule has 16 heavy (non-hydrogen) atoms. The van der Waals surface area contributed by atoms with Crippen molar-refractivity contribution in [1.29, 1.82) is 0 Å². The van der Waals surface area contributed by atoms with E-state index >= 15 is 0 Å². The Morgan fingerprint density at radius 2 is 1.88 bits per heavy atom. The number of amides is 1. The Balaban J connectivity index is 4.40. The molecule has 0 aliphatic carbocycles. The molecule has 0 rings (SSSR count). The van der Waals surface area contributed by atoms with Gasteiger partial charge in [0, 0.05) is 20.2 Å². The Bertz CT molecular complexity index is 243. The number of carboxylic acids is 1. The molecule has 0 spiro atoms. The van der Waals surface area contributed by atoms with Gasteiger partial charge in [0.1, 0.15) is 12.6 Å². The largest absolute Gasteiger partial charge is 0.480 e. The van der Waals surface area contributed by atoms with E-state index in [0.29, 0.717) is 13.1 Å². The molecule has 0 radical (unpaired) electrons. The first-order valence-corrected chi connectivity index (χ1v) is 5.06. The summed E-state index contributed by atoms with van der Waals surface area (Å²) in [5, 5.41) is 8.70. The Morgan fingerprint density at radius 3 is 2.25 bits per heavy atom. The standard InChI is InChI=1S/C10H20N2O4/c1-8(16-4)10(15)12(7-9(13)14)6-5-11(2)3/h8H,5-7H2,1-4H3,(H,13,14). The molecule has 6 heteroatoms. The summed E-state index contributed by atoms with van der Waals surface area (Å²) < 4.78 is 4.88. The fourth-order valence-electron chi connectivity index (χ4n) is 1.11. The Labute approximate surface area is 95.8 Å². The SMILES string of the molecule is COC(C)C(=O)N(CCN(C)C)CC(=O)O. The summed E-state index contributed by atoms with van der Waals surface area (Å²) in [6, 6.07) is 0. The number of carboxylic acid groups (broad SMARTS) is 1. The van der Waals surface area contributed by atoms with Crippen LogP contribution >= 0.6 is 0 Å². The number of methoxy groups -OCH3 is 1. The molecule has 0 aromatic rings. The summed E-state index contributed by atoms with van der Waals surface area (Å²) in [6.07, 6.45) is -0.610. The first-order chi connectivity index (χ1) is 7.38. The minimum Gasteiger partial charge on any atom is -0.480 e. The number of rotatable bonds is 7. The van der Waals surface area contributed by atoms with Crippen LogP contribution in [0.3, 0.4) is 0 Å². The number of hydrogen-bond acceptors (Lipinski definition) is 4. The third-order valence-corrected chi connectivity index (χ3v) is 2.16. The molecule has 0 fully saturated rings. The smallest absolute Gasteiger partial charge is 0.323 e. The van der Waals surface area contributed by atoms with Crippen LogP contribution in [-0.2, 0) is 14.3 Å². The van der Waals surface area contributed by atoms with Gasteiger partial charge in [-0.05, 0) is 21.0 Å². The van der Waals surface area contributed by atoms with Gasteiger partial charge in [-0.3, -0.25) is 9.59 Å². The summed E-state index contributed by atoms with van der Waals surface area (Å²) in [4.78, 5) is 25.5. The van der Waals surface area contributed by atoms with E-state index in [2.05, 4.69) is 0 Å². The Hall–Kier alpha value is -1.14. The molecule has 1 amide bonds. The van der Waals surface area contributed by atoms with E-state index in [1.54, 1.807) is 6.92 Å². The Kier molecular flexibility index (Phi) is 6.67. The number of carbonyl (C=O) groups excluding carboxylic acids is 1. The highest BCUT2D eigenvalue weighted by molar-refractivity contribution is 5.84. The van der Waals surface area contributed by atoms with Crippen molar-refractivity contribution in [1.82, 2.24) is 9.80 Å². The second kappa shape index (κ2) is 7.19. The molecule has 1 atom stereocenters. The number of carbonyl (C=O) groups is 2. The normalized spacial score (nSPS) is 12.6. The fourth-order valence-corrected chi connectivity index (χ4v) is 1.11. The lowest BCUT2D eigenvalue weighted by molar-refractivity contribution is -0.149. The van der Waals surface area contributed by atoms with Crippen molar-refractivity contribution in [3.05, 3.63) is 0 Å². The van der Waals surface area contributed by atoms with Gasteiger partial charge in [0.25, 0.3) is 5.91 Å². The van der Waals surface area contributed by atoms with Crippen LogP contribution in [0.15, 0.2) is 0 Å². The first kappa shape index (κ1) is 14.9. The molecule has 0 aromatic heterocycles. The molecule has 6 nitrogen and oxygen atoms in total. The number of aliphatic carboxylic acids is 1. The maximum absolute atomic E-state index is 11.7. The van der Waals surface area contributed by atoms with Crippen LogP contribution in [0.5, 0.6) is 0 Å². The summed E-state index contributed by atoms with van der Waals surface area (Å²) >= 11 is 0. The van der Waals surface area contributed by atoms with Crippen molar-refractivity contribution in [3.63, 3.8) is 0 Å². The van der Waals surface area contributed by atoms with E-state index < -0.39 is 12.1 Å². The average molecular weight is 232 g/mol. The van der Waals surface area contributed by atoms with Gasteiger partial charge in [0.2, 0.25) is 0 Å². The van der Waals surface area contributed by atoms with Crippen LogP contribution in [0.1, 0.15) is 6.92 Å². The van der Waals surface area contributed by atoms with Crippen LogP contribution in [0.2, 0.25) is 0 Å². The minimum atomic E-state index is -1.02. The molecule has 0 aliphatic rings. The quantitative estimate of drug-likeness (QED) is 0.640. The summed E-state index contributed by atoms with van der Waals surface area (Å²) in [6.45, 7) is 2.31. The fraction of sp³-hybridized carbons (Fsp3) is 0.800. The zero-order chi connectivity index (χ0) is 12.7. The zero-order valence-electron chi connectivity index (χ0n) is 10.3. The lowest BCUT2D eigenvalue weighted by Gasteiger charge is -2.24. The van der Waals surface area contributed by atoms with Crippen LogP contribution in [-0.4, -0.2) is 73.7 Å². The van der Waals surface area contributed by atoms with Gasteiger partial charge in [0.05, 0.1) is 0 Å². The highest BCUT2D eigenvalue weighted by Gasteiger charge is 2.21. The van der Waals surface area contributed by atoms with Crippen molar-refractivity contribution in [2.45, 2.75) is 13.0 Å². The van der Waals surface area contributed by atoms with Crippen molar-refractivity contribution in [3.8, 4) is 0 Å². The van der Waals surface area contributed by atoms with Gasteiger partial charge in [-0.15, -0.1) is 0 Å². The topological polar surface area (TPSA) is 70.1 Å². The maximum atomic E-state index is 11.7. The first-order valence-electron chi connectivity index (χ1n) is 5.06. The second-order valence-corrected chi connectivity index (χ2v) is 3.83. The number of nitrogens with zero attached hydrogens (tertiary/aromatic N) is 2. The van der Waals surface area contributed by atoms with E-state index in [0.717, 1.165) is 0 Å². The van der Waals surface area contributed by atoms with Gasteiger partial charge in [-0.1, -0.05) is 0 Å². The predicted octanol–water partition coefficient (Wildman–Crippen LogP) is -0.504. The van der Waals surface area contributed by atoms with E-state index in [-0.39, 0.29) is 12.5 Å².